The van der Waals surface area contributed by atoms with Crippen LogP contribution < -0.4 is 10.1 Å². The molecule has 0 bridgehead atoms. The molecule has 1 fully saturated rings. The first-order chi connectivity index (χ1) is 18.3. The number of halogens is 4. The molecule has 0 spiro atoms. The van der Waals surface area contributed by atoms with E-state index < -0.39 is 29.0 Å². The van der Waals surface area contributed by atoms with E-state index >= 15 is 4.39 Å². The molecule has 1 aliphatic heterocycles. The summed E-state index contributed by atoms with van der Waals surface area (Å²) in [5.74, 6) is -3.40. The topological polar surface area (TPSA) is 77.8 Å². The van der Waals surface area contributed by atoms with Gasteiger partial charge in [0.1, 0.15) is 11.9 Å². The molecule has 1 aromatic heterocycles. The molecule has 0 amide bonds. The lowest BCUT2D eigenvalue weighted by atomic mass is 9.74. The van der Waals surface area contributed by atoms with Gasteiger partial charge in [-0.25, -0.2) is 17.6 Å². The lowest BCUT2D eigenvalue weighted by Crippen LogP contribution is -2.43. The largest absolute Gasteiger partial charge is 0.497 e. The number of anilines is 1. The Morgan fingerprint density at radius 3 is 2.45 bits per heavy atom. The van der Waals surface area contributed by atoms with Gasteiger partial charge in [-0.15, -0.1) is 0 Å². The summed E-state index contributed by atoms with van der Waals surface area (Å²) in [4.78, 5) is 6.49. The maximum Gasteiger partial charge on any atom is 0.194 e. The molecule has 206 valence electrons. The molecule has 0 aliphatic carbocycles. The van der Waals surface area contributed by atoms with Gasteiger partial charge in [0.2, 0.25) is 0 Å². The Kier molecular flexibility index (Phi) is 9.07. The Morgan fingerprint density at radius 2 is 1.82 bits per heavy atom. The maximum atomic E-state index is 15.7. The number of nitrogens with zero attached hydrogens (tertiary/aromatic N) is 2. The number of hydrogen-bond acceptors (Lipinski definition) is 6. The number of pyridine rings is 1. The molecule has 0 saturated carbocycles. The van der Waals surface area contributed by atoms with Crippen LogP contribution in [0, 0.1) is 22.9 Å². The van der Waals surface area contributed by atoms with Crippen LogP contribution in [0.2, 0.25) is 0 Å². The average Bonchev–Trinajstić information content (AvgIpc) is 2.94. The van der Waals surface area contributed by atoms with Crippen molar-refractivity contribution in [2.24, 2.45) is 5.41 Å². The van der Waals surface area contributed by atoms with Crippen molar-refractivity contribution in [1.82, 2.24) is 9.88 Å². The normalized spacial score (nSPS) is 16.5. The Bertz CT molecular complexity index is 1220. The second-order valence-corrected chi connectivity index (χ2v) is 9.92. The van der Waals surface area contributed by atoms with Gasteiger partial charge >= 0.3 is 0 Å². The molecule has 2 aromatic carbocycles. The van der Waals surface area contributed by atoms with Crippen LogP contribution in [0.4, 0.5) is 23.2 Å². The van der Waals surface area contributed by atoms with E-state index in [0.717, 1.165) is 12.1 Å². The lowest BCUT2D eigenvalue weighted by Gasteiger charge is -2.41. The first-order valence-electron chi connectivity index (χ1n) is 12.7. The minimum Gasteiger partial charge on any atom is -0.497 e. The highest BCUT2D eigenvalue weighted by Gasteiger charge is 2.35. The number of nitrogens with one attached hydrogen (secondary N) is 1. The van der Waals surface area contributed by atoms with E-state index in [1.807, 2.05) is 0 Å². The van der Waals surface area contributed by atoms with Crippen molar-refractivity contribution in [3.05, 3.63) is 65.1 Å². The monoisotopic (exact) mass is 535 g/mol. The van der Waals surface area contributed by atoms with Gasteiger partial charge in [-0.1, -0.05) is 0 Å². The van der Waals surface area contributed by atoms with E-state index in [1.165, 1.54) is 13.3 Å². The number of piperidine rings is 1. The molecule has 1 atom stereocenters. The van der Waals surface area contributed by atoms with Crippen LogP contribution >= 0.6 is 0 Å². The van der Waals surface area contributed by atoms with Gasteiger partial charge in [0.25, 0.3) is 0 Å². The number of fused-ring (bicyclic) bond motifs is 1. The average molecular weight is 536 g/mol. The number of rotatable bonds is 11. The van der Waals surface area contributed by atoms with Crippen molar-refractivity contribution in [2.75, 3.05) is 45.2 Å². The van der Waals surface area contributed by atoms with Crippen LogP contribution in [0.3, 0.4) is 0 Å². The summed E-state index contributed by atoms with van der Waals surface area (Å²) in [5, 5.41) is 23.6. The first kappa shape index (κ1) is 28.1. The second-order valence-electron chi connectivity index (χ2n) is 9.92. The molecule has 0 radical (unpaired) electrons. The molecular weight excluding hydrogens is 502 g/mol. The number of alkyl halides is 1. The summed E-state index contributed by atoms with van der Waals surface area (Å²) in [7, 11) is 1.53. The van der Waals surface area contributed by atoms with Crippen LogP contribution in [-0.2, 0) is 6.61 Å². The van der Waals surface area contributed by atoms with Crippen LogP contribution in [0.5, 0.6) is 5.75 Å². The predicted octanol–water partition coefficient (Wildman–Crippen LogP) is 5.13. The first-order valence-corrected chi connectivity index (χ1v) is 12.7. The van der Waals surface area contributed by atoms with Crippen LogP contribution in [-0.4, -0.2) is 60.0 Å². The van der Waals surface area contributed by atoms with E-state index in [-0.39, 0.29) is 25.3 Å². The van der Waals surface area contributed by atoms with Crippen molar-refractivity contribution in [3.63, 3.8) is 0 Å². The summed E-state index contributed by atoms with van der Waals surface area (Å²) in [6.07, 6.45) is 2.16. The number of aromatic nitrogens is 1. The number of hydrogen-bond donors (Lipinski definition) is 3. The van der Waals surface area contributed by atoms with Crippen molar-refractivity contribution in [2.45, 2.75) is 38.5 Å². The minimum atomic E-state index is -1.49. The highest BCUT2D eigenvalue weighted by molar-refractivity contribution is 5.85. The summed E-state index contributed by atoms with van der Waals surface area (Å²) >= 11 is 0. The molecular formula is C28H33F4N3O3. The fraction of sp³-hybridized carbons (Fsp3) is 0.464. The number of benzene rings is 2. The van der Waals surface area contributed by atoms with Crippen molar-refractivity contribution < 1.29 is 32.5 Å². The number of ether oxygens (including phenoxy) is 1. The lowest BCUT2D eigenvalue weighted by molar-refractivity contribution is 0.0315. The van der Waals surface area contributed by atoms with Crippen LogP contribution in [0.1, 0.15) is 43.0 Å². The van der Waals surface area contributed by atoms with Crippen LogP contribution in [0.15, 0.2) is 36.5 Å². The van der Waals surface area contributed by atoms with Gasteiger partial charge in [-0.2, -0.15) is 0 Å². The van der Waals surface area contributed by atoms with E-state index in [1.54, 1.807) is 18.2 Å². The number of aliphatic hydroxyl groups excluding tert-OH is 2. The third-order valence-electron chi connectivity index (χ3n) is 7.60. The molecule has 2 heterocycles. The zero-order valence-electron chi connectivity index (χ0n) is 21.3. The summed E-state index contributed by atoms with van der Waals surface area (Å²) in [5.41, 5.74) is 1.20. The van der Waals surface area contributed by atoms with Gasteiger partial charge in [0.05, 0.1) is 19.2 Å². The van der Waals surface area contributed by atoms with E-state index in [2.05, 4.69) is 15.2 Å². The quantitative estimate of drug-likeness (QED) is 0.234. The fourth-order valence-electron chi connectivity index (χ4n) is 5.19. The molecule has 1 saturated heterocycles. The van der Waals surface area contributed by atoms with E-state index in [9.17, 15) is 23.4 Å². The molecule has 3 aromatic rings. The minimum absolute atomic E-state index is 0.0578. The van der Waals surface area contributed by atoms with Crippen molar-refractivity contribution >= 4 is 16.6 Å². The van der Waals surface area contributed by atoms with Gasteiger partial charge in [-0.3, -0.25) is 4.98 Å². The Balaban J connectivity index is 1.34. The van der Waals surface area contributed by atoms with Crippen molar-refractivity contribution in [3.8, 4) is 5.75 Å². The molecule has 4 rings (SSSR count). The second kappa shape index (κ2) is 12.3. The van der Waals surface area contributed by atoms with Gasteiger partial charge < -0.3 is 25.2 Å². The molecule has 6 nitrogen and oxygen atoms in total. The summed E-state index contributed by atoms with van der Waals surface area (Å²) in [6, 6.07) is 7.08. The molecule has 3 N–H and O–H groups in total. The zero-order valence-corrected chi connectivity index (χ0v) is 21.3. The standard InChI is InChI=1S/C28H33F4N3O3/c1-38-20-2-3-25-21(14-20)26(18(16-36)15-34-25)22(29)4-5-28(17-37)6-9-35(10-7-28)11-8-33-19-12-23(30)27(32)24(31)13-19/h2-3,12-15,22,33,36-37H,4-11,16-17H2,1H3. The molecule has 10 heteroatoms. The highest BCUT2D eigenvalue weighted by Crippen LogP contribution is 2.41. The van der Waals surface area contributed by atoms with Crippen molar-refractivity contribution in [1.29, 1.82) is 0 Å². The Hall–Kier alpha value is -2.95. The molecule has 38 heavy (non-hydrogen) atoms. The van der Waals surface area contributed by atoms with Gasteiger partial charge in [0.15, 0.2) is 17.5 Å². The number of likely N-dealkylation sites (tertiary alicyclic amines) is 1. The fourth-order valence-corrected chi connectivity index (χ4v) is 5.19. The van der Waals surface area contributed by atoms with E-state index in [4.69, 9.17) is 4.74 Å². The molecule has 1 aliphatic rings. The third kappa shape index (κ3) is 6.19. The Morgan fingerprint density at radius 1 is 1.11 bits per heavy atom. The van der Waals surface area contributed by atoms with Gasteiger partial charge in [-0.05, 0) is 62.4 Å². The van der Waals surface area contributed by atoms with Gasteiger partial charge in [0, 0.05) is 60.2 Å². The summed E-state index contributed by atoms with van der Waals surface area (Å²) < 4.78 is 61.0. The predicted molar refractivity (Wildman–Crippen MR) is 137 cm³/mol. The Labute approximate surface area is 219 Å². The number of methoxy groups -OCH3 is 1. The third-order valence-corrected chi connectivity index (χ3v) is 7.60. The van der Waals surface area contributed by atoms with E-state index in [0.29, 0.717) is 73.2 Å². The maximum absolute atomic E-state index is 15.7. The summed E-state index contributed by atoms with van der Waals surface area (Å²) in [6.45, 7) is 1.98. The smallest absolute Gasteiger partial charge is 0.194 e. The highest BCUT2D eigenvalue weighted by atomic mass is 19.2. The number of aliphatic hydroxyl groups is 2. The van der Waals surface area contributed by atoms with Crippen LogP contribution in [0.25, 0.3) is 10.9 Å². The molecule has 1 unspecified atom stereocenters. The zero-order chi connectivity index (χ0) is 27.3. The SMILES string of the molecule is COc1ccc2ncc(CO)c(C(F)CCC3(CO)CCN(CCNc4cc(F)c(F)c(F)c4)CC3)c2c1.